The summed E-state index contributed by atoms with van der Waals surface area (Å²) in [6.45, 7) is 6.44. The third-order valence-electron chi connectivity index (χ3n) is 4.30. The van der Waals surface area contributed by atoms with E-state index in [1.807, 2.05) is 30.3 Å². The molecule has 0 aliphatic heterocycles. The van der Waals surface area contributed by atoms with E-state index in [2.05, 4.69) is 36.9 Å². The number of unbranched alkanes of at least 4 members (excludes halogenated alkanes) is 1. The average Bonchev–Trinajstić information content (AvgIpc) is 2.67. The third kappa shape index (κ3) is 11.5. The predicted molar refractivity (Wildman–Crippen MR) is 124 cm³/mol. The van der Waals surface area contributed by atoms with Crippen LogP contribution >= 0.6 is 24.0 Å². The molecule has 0 heterocycles. The molecule has 0 spiro atoms. The molecule has 1 aromatic rings. The minimum atomic E-state index is -0.473. The summed E-state index contributed by atoms with van der Waals surface area (Å²) in [6, 6.07) is 9.53. The molecular weight excluding hydrogens is 390 g/mol. The summed E-state index contributed by atoms with van der Waals surface area (Å²) in [4.78, 5) is 12.6. The van der Waals surface area contributed by atoms with E-state index in [0.29, 0.717) is 23.2 Å². The van der Waals surface area contributed by atoms with Crippen LogP contribution in [-0.2, 0) is 4.79 Å². The molecule has 0 saturated heterocycles. The maximum atomic E-state index is 12.6. The second kappa shape index (κ2) is 14.7. The Labute approximate surface area is 179 Å². The number of benzene rings is 1. The van der Waals surface area contributed by atoms with Gasteiger partial charge < -0.3 is 10.4 Å². The number of hydrazine groups is 1. The molecule has 7 heteroatoms. The van der Waals surface area contributed by atoms with Gasteiger partial charge in [-0.25, -0.2) is 0 Å². The molecule has 2 unspecified atom stereocenters. The lowest BCUT2D eigenvalue weighted by atomic mass is 9.92. The number of aliphatic hydroxyl groups is 1. The first-order valence-corrected chi connectivity index (χ1v) is 11.7. The molecule has 1 aromatic carbocycles. The van der Waals surface area contributed by atoms with E-state index in [0.717, 1.165) is 37.1 Å². The standard InChI is InChI=1S/C21H35N3O2S2/c1-4-5-13-28-15-19(25)14-17(12-11-16(2)3)20(26)23-24-21(27)22-18-9-7-6-8-10-18/h6-10,16-17,19,25H,4-5,11-15H2,1-3H3,(H,23,26)(H2,22,24,27). The molecule has 0 saturated carbocycles. The van der Waals surface area contributed by atoms with Gasteiger partial charge >= 0.3 is 0 Å². The maximum absolute atomic E-state index is 12.6. The Morgan fingerprint density at radius 1 is 1.18 bits per heavy atom. The van der Waals surface area contributed by atoms with Gasteiger partial charge in [0, 0.05) is 17.4 Å². The number of carbonyl (C=O) groups is 1. The van der Waals surface area contributed by atoms with Crippen molar-refractivity contribution in [2.45, 2.75) is 59.0 Å². The van der Waals surface area contributed by atoms with Crippen LogP contribution in [0.1, 0.15) is 52.9 Å². The SMILES string of the molecule is CCCCSCC(O)CC(CCC(C)C)C(=O)NNC(=S)Nc1ccccc1. The topological polar surface area (TPSA) is 73.4 Å². The van der Waals surface area contributed by atoms with Crippen molar-refractivity contribution in [2.75, 3.05) is 16.8 Å². The fourth-order valence-corrected chi connectivity index (χ4v) is 3.89. The van der Waals surface area contributed by atoms with Gasteiger partial charge in [-0.05, 0) is 55.3 Å². The Morgan fingerprint density at radius 3 is 2.54 bits per heavy atom. The van der Waals surface area contributed by atoms with E-state index in [9.17, 15) is 9.90 Å². The molecule has 5 nitrogen and oxygen atoms in total. The predicted octanol–water partition coefficient (Wildman–Crippen LogP) is 4.34. The molecule has 0 aliphatic rings. The van der Waals surface area contributed by atoms with Gasteiger partial charge in [0.1, 0.15) is 0 Å². The number of thioether (sulfide) groups is 1. The Bertz CT molecular complexity index is 570. The van der Waals surface area contributed by atoms with Crippen LogP contribution in [-0.4, -0.2) is 33.7 Å². The van der Waals surface area contributed by atoms with Crippen LogP contribution in [0, 0.1) is 11.8 Å². The zero-order valence-corrected chi connectivity index (χ0v) is 18.9. The van der Waals surface area contributed by atoms with Crippen LogP contribution in [0.3, 0.4) is 0 Å². The lowest BCUT2D eigenvalue weighted by Crippen LogP contribution is -2.46. The second-order valence-electron chi connectivity index (χ2n) is 7.42. The molecule has 0 aromatic heterocycles. The first-order chi connectivity index (χ1) is 13.4. The van der Waals surface area contributed by atoms with E-state index < -0.39 is 6.10 Å². The molecule has 4 N–H and O–H groups in total. The normalized spacial score (nSPS) is 13.0. The summed E-state index contributed by atoms with van der Waals surface area (Å²) in [5, 5.41) is 13.7. The summed E-state index contributed by atoms with van der Waals surface area (Å²) in [6.07, 6.45) is 4.01. The number of carbonyl (C=O) groups excluding carboxylic acids is 1. The summed E-state index contributed by atoms with van der Waals surface area (Å²) >= 11 is 6.98. The van der Waals surface area contributed by atoms with Crippen LogP contribution in [0.5, 0.6) is 0 Å². The molecule has 158 valence electrons. The Morgan fingerprint density at radius 2 is 1.89 bits per heavy atom. The first-order valence-electron chi connectivity index (χ1n) is 10.1. The Hall–Kier alpha value is -1.31. The molecule has 1 amide bonds. The molecule has 0 radical (unpaired) electrons. The summed E-state index contributed by atoms with van der Waals surface area (Å²) in [5.74, 6) is 1.87. The van der Waals surface area contributed by atoms with Crippen molar-refractivity contribution in [2.24, 2.45) is 11.8 Å². The monoisotopic (exact) mass is 425 g/mol. The van der Waals surface area contributed by atoms with E-state index in [1.165, 1.54) is 0 Å². The minimum Gasteiger partial charge on any atom is -0.392 e. The van der Waals surface area contributed by atoms with Crippen LogP contribution in [0.25, 0.3) is 0 Å². The Kier molecular flexibility index (Phi) is 12.9. The van der Waals surface area contributed by atoms with E-state index in [4.69, 9.17) is 12.2 Å². The number of amides is 1. The maximum Gasteiger partial charge on any atom is 0.241 e. The summed E-state index contributed by atoms with van der Waals surface area (Å²) in [7, 11) is 0. The van der Waals surface area contributed by atoms with Gasteiger partial charge in [0.25, 0.3) is 0 Å². The highest BCUT2D eigenvalue weighted by Gasteiger charge is 2.22. The van der Waals surface area contributed by atoms with E-state index >= 15 is 0 Å². The average molecular weight is 426 g/mol. The second-order valence-corrected chi connectivity index (χ2v) is 8.98. The number of hydrogen-bond acceptors (Lipinski definition) is 4. The number of thiocarbonyl (C=S) groups is 1. The lowest BCUT2D eigenvalue weighted by molar-refractivity contribution is -0.126. The van der Waals surface area contributed by atoms with Crippen molar-refractivity contribution in [3.8, 4) is 0 Å². The number of aliphatic hydroxyl groups excluding tert-OH is 1. The highest BCUT2D eigenvalue weighted by atomic mass is 32.2. The third-order valence-corrected chi connectivity index (χ3v) is 5.71. The van der Waals surface area contributed by atoms with Gasteiger partial charge in [-0.1, -0.05) is 51.8 Å². The number of rotatable bonds is 12. The van der Waals surface area contributed by atoms with Crippen LogP contribution in [0.4, 0.5) is 5.69 Å². The van der Waals surface area contributed by atoms with Crippen molar-refractivity contribution in [3.05, 3.63) is 30.3 Å². The van der Waals surface area contributed by atoms with Crippen LogP contribution in [0.2, 0.25) is 0 Å². The number of anilines is 1. The van der Waals surface area contributed by atoms with E-state index in [1.54, 1.807) is 11.8 Å². The zero-order valence-electron chi connectivity index (χ0n) is 17.2. The number of nitrogens with one attached hydrogen (secondary N) is 3. The van der Waals surface area contributed by atoms with Crippen LogP contribution < -0.4 is 16.2 Å². The van der Waals surface area contributed by atoms with E-state index in [-0.39, 0.29) is 11.8 Å². The van der Waals surface area contributed by atoms with Gasteiger partial charge in [-0.15, -0.1) is 0 Å². The minimum absolute atomic E-state index is 0.129. The van der Waals surface area contributed by atoms with Crippen molar-refractivity contribution in [3.63, 3.8) is 0 Å². The number of para-hydroxylation sites is 1. The van der Waals surface area contributed by atoms with Crippen molar-refractivity contribution < 1.29 is 9.90 Å². The van der Waals surface area contributed by atoms with Gasteiger partial charge in [-0.3, -0.25) is 15.6 Å². The highest BCUT2D eigenvalue weighted by molar-refractivity contribution is 7.99. The highest BCUT2D eigenvalue weighted by Crippen LogP contribution is 2.20. The summed E-state index contributed by atoms with van der Waals surface area (Å²) in [5.41, 5.74) is 6.32. The summed E-state index contributed by atoms with van der Waals surface area (Å²) < 4.78 is 0. The lowest BCUT2D eigenvalue weighted by Gasteiger charge is -2.21. The zero-order chi connectivity index (χ0) is 20.8. The van der Waals surface area contributed by atoms with Crippen molar-refractivity contribution in [1.29, 1.82) is 0 Å². The molecule has 2 atom stereocenters. The largest absolute Gasteiger partial charge is 0.392 e. The molecule has 1 rings (SSSR count). The molecule has 0 aliphatic carbocycles. The van der Waals surface area contributed by atoms with Gasteiger partial charge in [-0.2, -0.15) is 11.8 Å². The molecule has 0 bridgehead atoms. The Balaban J connectivity index is 2.47. The van der Waals surface area contributed by atoms with Crippen LogP contribution in [0.15, 0.2) is 30.3 Å². The fourth-order valence-electron chi connectivity index (χ4n) is 2.66. The molecule has 28 heavy (non-hydrogen) atoms. The number of hydrogen-bond donors (Lipinski definition) is 4. The molecule has 0 fully saturated rings. The van der Waals surface area contributed by atoms with Gasteiger partial charge in [0.15, 0.2) is 5.11 Å². The fraction of sp³-hybridized carbons (Fsp3) is 0.619. The van der Waals surface area contributed by atoms with Crippen molar-refractivity contribution >= 4 is 40.7 Å². The first kappa shape index (κ1) is 24.7. The van der Waals surface area contributed by atoms with Crippen molar-refractivity contribution in [1.82, 2.24) is 10.9 Å². The van der Waals surface area contributed by atoms with Gasteiger partial charge in [0.05, 0.1) is 6.10 Å². The molecular formula is C21H35N3O2S2. The smallest absolute Gasteiger partial charge is 0.241 e. The quantitative estimate of drug-likeness (QED) is 0.227. The van der Waals surface area contributed by atoms with Gasteiger partial charge in [0.2, 0.25) is 5.91 Å².